The Bertz CT molecular complexity index is 535. The van der Waals surface area contributed by atoms with Gasteiger partial charge in [-0.3, -0.25) is 0 Å². The highest BCUT2D eigenvalue weighted by Crippen LogP contribution is 2.22. The molecule has 100 valence electrons. The van der Waals surface area contributed by atoms with Crippen LogP contribution in [0.3, 0.4) is 0 Å². The highest BCUT2D eigenvalue weighted by atomic mass is 35.5. The van der Waals surface area contributed by atoms with Crippen LogP contribution in [0.25, 0.3) is 0 Å². The van der Waals surface area contributed by atoms with E-state index in [4.69, 9.17) is 23.2 Å². The van der Waals surface area contributed by atoms with Crippen molar-refractivity contribution < 1.29 is 0 Å². The molecule has 0 aliphatic carbocycles. The largest absolute Gasteiger partial charge is 0.381 e. The number of anilines is 1. The van der Waals surface area contributed by atoms with Crippen LogP contribution in [0.1, 0.15) is 24.5 Å². The lowest BCUT2D eigenvalue weighted by Gasteiger charge is -2.09. The Morgan fingerprint density at radius 3 is 2.42 bits per heavy atom. The van der Waals surface area contributed by atoms with Gasteiger partial charge >= 0.3 is 0 Å². The van der Waals surface area contributed by atoms with E-state index in [0.29, 0.717) is 11.6 Å². The Labute approximate surface area is 124 Å². The molecule has 0 heterocycles. The predicted molar refractivity (Wildman–Crippen MR) is 84.2 cm³/mol. The van der Waals surface area contributed by atoms with Crippen molar-refractivity contribution in [3.63, 3.8) is 0 Å². The van der Waals surface area contributed by atoms with Gasteiger partial charge in [-0.1, -0.05) is 48.7 Å². The van der Waals surface area contributed by atoms with Crippen molar-refractivity contribution in [2.75, 3.05) is 5.32 Å². The molecule has 1 N–H and O–H groups in total. The van der Waals surface area contributed by atoms with Gasteiger partial charge in [-0.2, -0.15) is 0 Å². The van der Waals surface area contributed by atoms with Gasteiger partial charge in [0.15, 0.2) is 0 Å². The monoisotopic (exact) mass is 293 g/mol. The van der Waals surface area contributed by atoms with E-state index in [9.17, 15) is 0 Å². The van der Waals surface area contributed by atoms with Crippen LogP contribution >= 0.6 is 23.2 Å². The maximum absolute atomic E-state index is 6.13. The van der Waals surface area contributed by atoms with Gasteiger partial charge in [-0.05, 0) is 47.9 Å². The standard InChI is InChI=1S/C16H17Cl2N/c1-2-3-12-4-7-15(8-5-12)19-11-13-10-14(17)6-9-16(13)18/h4-10,19H,2-3,11H2,1H3. The molecule has 0 unspecified atom stereocenters. The SMILES string of the molecule is CCCc1ccc(NCc2cc(Cl)ccc2Cl)cc1. The summed E-state index contributed by atoms with van der Waals surface area (Å²) in [5, 5.41) is 4.80. The van der Waals surface area contributed by atoms with E-state index in [1.54, 1.807) is 6.07 Å². The van der Waals surface area contributed by atoms with Crippen LogP contribution < -0.4 is 5.32 Å². The van der Waals surface area contributed by atoms with Crippen LogP contribution in [-0.4, -0.2) is 0 Å². The van der Waals surface area contributed by atoms with Crippen LogP contribution in [0.5, 0.6) is 0 Å². The number of nitrogens with one attached hydrogen (secondary N) is 1. The fraction of sp³-hybridized carbons (Fsp3) is 0.250. The Kier molecular flexibility index (Phi) is 5.12. The molecule has 0 radical (unpaired) electrons. The fourth-order valence-electron chi connectivity index (χ4n) is 1.95. The van der Waals surface area contributed by atoms with Crippen molar-refractivity contribution in [2.45, 2.75) is 26.3 Å². The average molecular weight is 294 g/mol. The van der Waals surface area contributed by atoms with Gasteiger partial charge in [0.25, 0.3) is 0 Å². The van der Waals surface area contributed by atoms with Crippen LogP contribution in [0.15, 0.2) is 42.5 Å². The van der Waals surface area contributed by atoms with Crippen molar-refractivity contribution in [2.24, 2.45) is 0 Å². The molecule has 1 nitrogen and oxygen atoms in total. The highest BCUT2D eigenvalue weighted by molar-refractivity contribution is 6.33. The lowest BCUT2D eigenvalue weighted by molar-refractivity contribution is 0.922. The number of rotatable bonds is 5. The fourth-order valence-corrected chi connectivity index (χ4v) is 2.33. The second kappa shape index (κ2) is 6.83. The zero-order chi connectivity index (χ0) is 13.7. The van der Waals surface area contributed by atoms with Gasteiger partial charge in [0.1, 0.15) is 0 Å². The van der Waals surface area contributed by atoms with Crippen molar-refractivity contribution >= 4 is 28.9 Å². The lowest BCUT2D eigenvalue weighted by Crippen LogP contribution is -2.00. The second-order valence-electron chi connectivity index (χ2n) is 4.54. The van der Waals surface area contributed by atoms with Gasteiger partial charge in [0, 0.05) is 22.3 Å². The summed E-state index contributed by atoms with van der Waals surface area (Å²) in [6.45, 7) is 2.86. The molecule has 0 bridgehead atoms. The maximum Gasteiger partial charge on any atom is 0.0456 e. The zero-order valence-electron chi connectivity index (χ0n) is 10.9. The molecule has 0 aliphatic heterocycles. The van der Waals surface area contributed by atoms with Gasteiger partial charge in [0.05, 0.1) is 0 Å². The first-order valence-electron chi connectivity index (χ1n) is 6.46. The molecular weight excluding hydrogens is 277 g/mol. The molecule has 0 spiro atoms. The molecule has 0 amide bonds. The third-order valence-electron chi connectivity index (χ3n) is 2.98. The number of aryl methyl sites for hydroxylation is 1. The van der Waals surface area contributed by atoms with Crippen LogP contribution in [-0.2, 0) is 13.0 Å². The normalized spacial score (nSPS) is 10.5. The number of benzene rings is 2. The van der Waals surface area contributed by atoms with Gasteiger partial charge in [-0.25, -0.2) is 0 Å². The average Bonchev–Trinajstić information content (AvgIpc) is 2.42. The Morgan fingerprint density at radius 1 is 1.00 bits per heavy atom. The third-order valence-corrected chi connectivity index (χ3v) is 3.59. The molecule has 2 aromatic carbocycles. The highest BCUT2D eigenvalue weighted by Gasteiger charge is 2.01. The van der Waals surface area contributed by atoms with Crippen molar-refractivity contribution in [3.8, 4) is 0 Å². The molecule has 2 aromatic rings. The van der Waals surface area contributed by atoms with E-state index in [-0.39, 0.29) is 0 Å². The molecule has 2 rings (SSSR count). The summed E-state index contributed by atoms with van der Waals surface area (Å²) in [7, 11) is 0. The Balaban J connectivity index is 2.00. The first kappa shape index (κ1) is 14.2. The van der Waals surface area contributed by atoms with E-state index in [1.807, 2.05) is 12.1 Å². The Morgan fingerprint density at radius 2 is 1.74 bits per heavy atom. The summed E-state index contributed by atoms with van der Waals surface area (Å²) < 4.78 is 0. The smallest absolute Gasteiger partial charge is 0.0456 e. The molecule has 0 aliphatic rings. The number of halogens is 2. The van der Waals surface area contributed by atoms with E-state index in [1.165, 1.54) is 12.0 Å². The molecule has 0 fully saturated rings. The summed E-state index contributed by atoms with van der Waals surface area (Å²) in [6.07, 6.45) is 2.30. The van der Waals surface area contributed by atoms with E-state index >= 15 is 0 Å². The molecule has 3 heteroatoms. The number of hydrogen-bond donors (Lipinski definition) is 1. The van der Waals surface area contributed by atoms with Crippen LogP contribution in [0.4, 0.5) is 5.69 Å². The molecular formula is C16H17Cl2N. The van der Waals surface area contributed by atoms with Crippen LogP contribution in [0.2, 0.25) is 10.0 Å². The first-order valence-corrected chi connectivity index (χ1v) is 7.21. The van der Waals surface area contributed by atoms with Crippen LogP contribution in [0, 0.1) is 0 Å². The van der Waals surface area contributed by atoms with Gasteiger partial charge < -0.3 is 5.32 Å². The third kappa shape index (κ3) is 4.15. The molecule has 0 aromatic heterocycles. The summed E-state index contributed by atoms with van der Waals surface area (Å²) in [5.74, 6) is 0. The lowest BCUT2D eigenvalue weighted by atomic mass is 10.1. The minimum Gasteiger partial charge on any atom is -0.381 e. The van der Waals surface area contributed by atoms with E-state index in [0.717, 1.165) is 22.7 Å². The van der Waals surface area contributed by atoms with Gasteiger partial charge in [0.2, 0.25) is 0 Å². The zero-order valence-corrected chi connectivity index (χ0v) is 12.4. The second-order valence-corrected chi connectivity index (χ2v) is 5.38. The molecule has 0 atom stereocenters. The summed E-state index contributed by atoms with van der Waals surface area (Å²) in [6, 6.07) is 14.0. The molecule has 0 saturated carbocycles. The first-order chi connectivity index (χ1) is 9.19. The van der Waals surface area contributed by atoms with E-state index < -0.39 is 0 Å². The minimum absolute atomic E-state index is 0.673. The van der Waals surface area contributed by atoms with Crippen molar-refractivity contribution in [3.05, 3.63) is 63.6 Å². The maximum atomic E-state index is 6.13. The van der Waals surface area contributed by atoms with Crippen molar-refractivity contribution in [1.82, 2.24) is 0 Å². The predicted octanol–water partition coefficient (Wildman–Crippen LogP) is 5.56. The van der Waals surface area contributed by atoms with Gasteiger partial charge in [-0.15, -0.1) is 0 Å². The summed E-state index contributed by atoms with van der Waals surface area (Å²) in [5.41, 5.74) is 3.47. The molecule has 0 saturated heterocycles. The quantitative estimate of drug-likeness (QED) is 0.761. The Hall–Kier alpha value is -1.18. The topological polar surface area (TPSA) is 12.0 Å². The van der Waals surface area contributed by atoms with Crippen molar-refractivity contribution in [1.29, 1.82) is 0 Å². The molecule has 19 heavy (non-hydrogen) atoms. The minimum atomic E-state index is 0.673. The number of hydrogen-bond acceptors (Lipinski definition) is 1. The summed E-state index contributed by atoms with van der Waals surface area (Å²) >= 11 is 12.1. The summed E-state index contributed by atoms with van der Waals surface area (Å²) in [4.78, 5) is 0. The van der Waals surface area contributed by atoms with E-state index in [2.05, 4.69) is 36.5 Å².